The highest BCUT2D eigenvalue weighted by molar-refractivity contribution is 7.20. The van der Waals surface area contributed by atoms with Gasteiger partial charge in [-0.2, -0.15) is 0 Å². The SMILES string of the molecule is COCC(=O)Nc1nc(-c2ccc(C)cc2)c(N)s1. The number of carbonyl (C=O) groups is 1. The van der Waals surface area contributed by atoms with Gasteiger partial charge in [0.2, 0.25) is 0 Å². The summed E-state index contributed by atoms with van der Waals surface area (Å²) in [6.45, 7) is 2.02. The molecule has 0 atom stereocenters. The molecule has 3 N–H and O–H groups in total. The Labute approximate surface area is 115 Å². The Balaban J connectivity index is 2.21. The van der Waals surface area contributed by atoms with Gasteiger partial charge in [0.15, 0.2) is 5.13 Å². The summed E-state index contributed by atoms with van der Waals surface area (Å²) in [5.41, 5.74) is 8.74. The topological polar surface area (TPSA) is 77.2 Å². The van der Waals surface area contributed by atoms with E-state index in [-0.39, 0.29) is 12.5 Å². The number of benzene rings is 1. The Bertz CT molecular complexity index is 578. The summed E-state index contributed by atoms with van der Waals surface area (Å²) in [4.78, 5) is 15.7. The van der Waals surface area contributed by atoms with Crippen LogP contribution in [0.5, 0.6) is 0 Å². The van der Waals surface area contributed by atoms with Gasteiger partial charge < -0.3 is 10.5 Å². The predicted molar refractivity (Wildman–Crippen MR) is 77.2 cm³/mol. The molecule has 0 aliphatic heterocycles. The van der Waals surface area contributed by atoms with E-state index in [1.807, 2.05) is 31.2 Å². The maximum absolute atomic E-state index is 11.4. The third kappa shape index (κ3) is 3.30. The first-order valence-corrected chi connectivity index (χ1v) is 6.54. The summed E-state index contributed by atoms with van der Waals surface area (Å²) >= 11 is 1.25. The maximum Gasteiger partial charge on any atom is 0.252 e. The van der Waals surface area contributed by atoms with Crippen LogP contribution in [0.2, 0.25) is 0 Å². The van der Waals surface area contributed by atoms with E-state index in [0.29, 0.717) is 15.8 Å². The van der Waals surface area contributed by atoms with Crippen molar-refractivity contribution >= 4 is 27.4 Å². The standard InChI is InChI=1S/C13H15N3O2S/c1-8-3-5-9(6-4-8)11-12(14)19-13(16-11)15-10(17)7-18-2/h3-6H,7,14H2,1-2H3,(H,15,16,17). The van der Waals surface area contributed by atoms with E-state index in [4.69, 9.17) is 10.5 Å². The van der Waals surface area contributed by atoms with Gasteiger partial charge in [-0.15, -0.1) is 0 Å². The normalized spacial score (nSPS) is 10.4. The minimum Gasteiger partial charge on any atom is -0.389 e. The second kappa shape index (κ2) is 5.81. The van der Waals surface area contributed by atoms with E-state index >= 15 is 0 Å². The molecule has 1 aromatic heterocycles. The molecule has 100 valence electrons. The predicted octanol–water partition coefficient (Wildman–Crippen LogP) is 2.29. The zero-order valence-electron chi connectivity index (χ0n) is 10.8. The summed E-state index contributed by atoms with van der Waals surface area (Å²) in [5, 5.41) is 3.71. The minimum absolute atomic E-state index is 0.000645. The number of thiazole rings is 1. The fourth-order valence-electron chi connectivity index (χ4n) is 1.59. The van der Waals surface area contributed by atoms with Gasteiger partial charge in [0, 0.05) is 12.7 Å². The number of aromatic nitrogens is 1. The molecule has 0 unspecified atom stereocenters. The van der Waals surface area contributed by atoms with Crippen LogP contribution in [0.1, 0.15) is 5.56 Å². The van der Waals surface area contributed by atoms with Gasteiger partial charge >= 0.3 is 0 Å². The Morgan fingerprint density at radius 1 is 1.42 bits per heavy atom. The zero-order valence-corrected chi connectivity index (χ0v) is 11.6. The first-order valence-electron chi connectivity index (χ1n) is 5.72. The van der Waals surface area contributed by atoms with E-state index in [1.165, 1.54) is 24.0 Å². The number of nitrogens with one attached hydrogen (secondary N) is 1. The summed E-state index contributed by atoms with van der Waals surface area (Å²) in [7, 11) is 1.47. The van der Waals surface area contributed by atoms with E-state index in [2.05, 4.69) is 10.3 Å². The van der Waals surface area contributed by atoms with Crippen LogP contribution in [0.25, 0.3) is 11.3 Å². The average Bonchev–Trinajstić information content (AvgIpc) is 2.71. The van der Waals surface area contributed by atoms with Gasteiger partial charge in [0.05, 0.1) is 0 Å². The van der Waals surface area contributed by atoms with Crippen LogP contribution in [0.3, 0.4) is 0 Å². The third-order valence-electron chi connectivity index (χ3n) is 2.50. The number of ether oxygens (including phenoxy) is 1. The number of rotatable bonds is 4. The molecule has 19 heavy (non-hydrogen) atoms. The number of hydrogen-bond donors (Lipinski definition) is 2. The van der Waals surface area contributed by atoms with Crippen LogP contribution in [-0.4, -0.2) is 24.6 Å². The Morgan fingerprint density at radius 3 is 2.74 bits per heavy atom. The molecule has 1 heterocycles. The third-order valence-corrected chi connectivity index (χ3v) is 3.30. The molecule has 2 rings (SSSR count). The fraction of sp³-hybridized carbons (Fsp3) is 0.231. The largest absolute Gasteiger partial charge is 0.389 e. The van der Waals surface area contributed by atoms with Gasteiger partial charge in [0.1, 0.15) is 17.3 Å². The quantitative estimate of drug-likeness (QED) is 0.899. The molecule has 0 bridgehead atoms. The molecule has 0 aliphatic carbocycles. The van der Waals surface area contributed by atoms with Crippen LogP contribution in [0.4, 0.5) is 10.1 Å². The van der Waals surface area contributed by atoms with E-state index in [9.17, 15) is 4.79 Å². The lowest BCUT2D eigenvalue weighted by Crippen LogP contribution is -2.16. The highest BCUT2D eigenvalue weighted by Crippen LogP contribution is 2.33. The first kappa shape index (κ1) is 13.5. The molecule has 0 aliphatic rings. The molecule has 6 heteroatoms. The number of carbonyl (C=O) groups excluding carboxylic acids is 1. The number of methoxy groups -OCH3 is 1. The number of aryl methyl sites for hydroxylation is 1. The second-order valence-corrected chi connectivity index (χ2v) is 5.11. The lowest BCUT2D eigenvalue weighted by Gasteiger charge is -2.00. The molecule has 0 fully saturated rings. The second-order valence-electron chi connectivity index (χ2n) is 4.08. The van der Waals surface area contributed by atoms with Crippen LogP contribution >= 0.6 is 11.3 Å². The molecule has 1 aromatic carbocycles. The summed E-state index contributed by atoms with van der Waals surface area (Å²) in [6.07, 6.45) is 0. The van der Waals surface area contributed by atoms with Crippen molar-refractivity contribution in [2.75, 3.05) is 24.8 Å². The van der Waals surface area contributed by atoms with Crippen molar-refractivity contribution < 1.29 is 9.53 Å². The van der Waals surface area contributed by atoms with Gasteiger partial charge in [0.25, 0.3) is 5.91 Å². The monoisotopic (exact) mass is 277 g/mol. The molecule has 5 nitrogen and oxygen atoms in total. The van der Waals surface area contributed by atoms with Crippen molar-refractivity contribution in [3.63, 3.8) is 0 Å². The van der Waals surface area contributed by atoms with Gasteiger partial charge in [-0.05, 0) is 6.92 Å². The van der Waals surface area contributed by atoms with Crippen molar-refractivity contribution in [1.29, 1.82) is 0 Å². The van der Waals surface area contributed by atoms with Crippen molar-refractivity contribution in [3.05, 3.63) is 29.8 Å². The summed E-state index contributed by atoms with van der Waals surface area (Å²) in [6, 6.07) is 7.91. The molecule has 2 aromatic rings. The minimum atomic E-state index is -0.244. The van der Waals surface area contributed by atoms with E-state index in [1.54, 1.807) is 0 Å². The fourth-order valence-corrected chi connectivity index (χ4v) is 2.36. The van der Waals surface area contributed by atoms with Gasteiger partial charge in [-0.25, -0.2) is 4.98 Å². The molecule has 0 saturated carbocycles. The number of amides is 1. The lowest BCUT2D eigenvalue weighted by atomic mass is 10.1. The van der Waals surface area contributed by atoms with Crippen LogP contribution < -0.4 is 11.1 Å². The zero-order chi connectivity index (χ0) is 13.8. The Morgan fingerprint density at radius 2 is 2.11 bits per heavy atom. The number of nitrogens with zero attached hydrogens (tertiary/aromatic N) is 1. The number of nitrogens with two attached hydrogens (primary N) is 1. The lowest BCUT2D eigenvalue weighted by molar-refractivity contribution is -0.119. The maximum atomic E-state index is 11.4. The van der Waals surface area contributed by atoms with Gasteiger partial charge in [-0.1, -0.05) is 41.2 Å². The molecular weight excluding hydrogens is 262 g/mol. The smallest absolute Gasteiger partial charge is 0.252 e. The van der Waals surface area contributed by atoms with E-state index in [0.717, 1.165) is 5.56 Å². The molecule has 0 spiro atoms. The van der Waals surface area contributed by atoms with Crippen molar-refractivity contribution in [1.82, 2.24) is 4.98 Å². The van der Waals surface area contributed by atoms with Crippen molar-refractivity contribution in [2.24, 2.45) is 0 Å². The first-order chi connectivity index (χ1) is 9.10. The van der Waals surface area contributed by atoms with Gasteiger partial charge in [-0.3, -0.25) is 10.1 Å². The number of hydrogen-bond acceptors (Lipinski definition) is 5. The van der Waals surface area contributed by atoms with Crippen molar-refractivity contribution in [3.8, 4) is 11.3 Å². The number of nitrogen functional groups attached to an aromatic ring is 1. The number of anilines is 2. The Hall–Kier alpha value is -1.92. The molecular formula is C13H15N3O2S. The van der Waals surface area contributed by atoms with Crippen LogP contribution in [0, 0.1) is 6.92 Å². The Kier molecular flexibility index (Phi) is 4.13. The molecule has 0 saturated heterocycles. The molecule has 0 radical (unpaired) electrons. The highest BCUT2D eigenvalue weighted by Gasteiger charge is 2.12. The van der Waals surface area contributed by atoms with E-state index < -0.39 is 0 Å². The van der Waals surface area contributed by atoms with Crippen LogP contribution in [-0.2, 0) is 9.53 Å². The molecule has 1 amide bonds. The van der Waals surface area contributed by atoms with Crippen molar-refractivity contribution in [2.45, 2.75) is 6.92 Å². The highest BCUT2D eigenvalue weighted by atomic mass is 32.1. The summed E-state index contributed by atoms with van der Waals surface area (Å²) < 4.78 is 4.74. The summed E-state index contributed by atoms with van der Waals surface area (Å²) in [5.74, 6) is -0.244. The van der Waals surface area contributed by atoms with Crippen LogP contribution in [0.15, 0.2) is 24.3 Å². The average molecular weight is 277 g/mol.